The average Bonchev–Trinajstić information content (AvgIpc) is 3.29. The van der Waals surface area contributed by atoms with Crippen LogP contribution in [0.15, 0.2) is 40.9 Å². The van der Waals surface area contributed by atoms with Gasteiger partial charge in [0.05, 0.1) is 37.4 Å². The van der Waals surface area contributed by atoms with E-state index in [-0.39, 0.29) is 11.8 Å². The van der Waals surface area contributed by atoms with Gasteiger partial charge in [-0.15, -0.1) is 0 Å². The van der Waals surface area contributed by atoms with E-state index in [9.17, 15) is 4.79 Å². The first-order valence-electron chi connectivity index (χ1n) is 10.5. The van der Waals surface area contributed by atoms with Crippen molar-refractivity contribution in [3.63, 3.8) is 0 Å². The highest BCUT2D eigenvalue weighted by atomic mass is 35.5. The number of hydrogen-bond donors (Lipinski definition) is 1. The van der Waals surface area contributed by atoms with Crippen LogP contribution in [-0.2, 0) is 11.3 Å². The van der Waals surface area contributed by atoms with Crippen LogP contribution in [0.25, 0.3) is 11.4 Å². The van der Waals surface area contributed by atoms with Crippen LogP contribution in [-0.4, -0.2) is 48.3 Å². The van der Waals surface area contributed by atoms with Gasteiger partial charge in [0.25, 0.3) is 0 Å². The van der Waals surface area contributed by atoms with Crippen molar-refractivity contribution in [3.8, 4) is 22.9 Å². The fraction of sp³-hybridized carbons (Fsp3) is 0.348. The molecular formula is C23H24Cl2N4O4. The van der Waals surface area contributed by atoms with E-state index in [1.165, 1.54) is 0 Å². The van der Waals surface area contributed by atoms with Crippen molar-refractivity contribution in [1.82, 2.24) is 15.0 Å². The van der Waals surface area contributed by atoms with E-state index in [1.807, 2.05) is 6.07 Å². The molecule has 1 unspecified atom stereocenters. The number of halogens is 2. The van der Waals surface area contributed by atoms with Gasteiger partial charge in [0, 0.05) is 17.1 Å². The monoisotopic (exact) mass is 490 g/mol. The largest absolute Gasteiger partial charge is 0.493 e. The van der Waals surface area contributed by atoms with Gasteiger partial charge in [-0.2, -0.15) is 4.98 Å². The Morgan fingerprint density at radius 3 is 2.79 bits per heavy atom. The number of likely N-dealkylation sites (tertiary alicyclic amines) is 1. The van der Waals surface area contributed by atoms with Gasteiger partial charge >= 0.3 is 0 Å². The Morgan fingerprint density at radius 2 is 2.00 bits per heavy atom. The number of nitrogens with zero attached hydrogens (tertiary/aromatic N) is 3. The number of rotatable bonds is 7. The first-order valence-corrected chi connectivity index (χ1v) is 11.3. The fourth-order valence-corrected chi connectivity index (χ4v) is 4.18. The maximum absolute atomic E-state index is 12.8. The van der Waals surface area contributed by atoms with E-state index in [0.29, 0.717) is 52.0 Å². The molecule has 2 heterocycles. The summed E-state index contributed by atoms with van der Waals surface area (Å²) in [4.78, 5) is 19.5. The first-order chi connectivity index (χ1) is 16.0. The molecule has 1 fully saturated rings. The summed E-state index contributed by atoms with van der Waals surface area (Å²) in [6, 6.07) is 10.4. The number of carbonyl (C=O) groups is 1. The number of methoxy groups -OCH3 is 2. The zero-order valence-electron chi connectivity index (χ0n) is 18.3. The maximum Gasteiger partial charge on any atom is 0.241 e. The number of carbonyl (C=O) groups excluding carboxylic acids is 1. The van der Waals surface area contributed by atoms with Gasteiger partial charge in [0.15, 0.2) is 11.5 Å². The lowest BCUT2D eigenvalue weighted by Crippen LogP contribution is -2.40. The van der Waals surface area contributed by atoms with Gasteiger partial charge in [-0.25, -0.2) is 0 Å². The van der Waals surface area contributed by atoms with E-state index in [4.69, 9.17) is 37.2 Å². The van der Waals surface area contributed by atoms with Crippen molar-refractivity contribution in [2.45, 2.75) is 19.4 Å². The van der Waals surface area contributed by atoms with Gasteiger partial charge in [0.1, 0.15) is 0 Å². The van der Waals surface area contributed by atoms with Gasteiger partial charge in [-0.3, -0.25) is 9.69 Å². The molecule has 8 nitrogen and oxygen atoms in total. The molecule has 0 spiro atoms. The number of anilines is 1. The Hall–Kier alpha value is -2.81. The molecule has 33 heavy (non-hydrogen) atoms. The Morgan fingerprint density at radius 1 is 1.18 bits per heavy atom. The van der Waals surface area contributed by atoms with Crippen LogP contribution in [0.1, 0.15) is 18.7 Å². The van der Waals surface area contributed by atoms with Gasteiger partial charge in [-0.05, 0) is 55.8 Å². The van der Waals surface area contributed by atoms with Crippen molar-refractivity contribution in [2.24, 2.45) is 5.92 Å². The minimum atomic E-state index is -0.179. The molecule has 10 heteroatoms. The van der Waals surface area contributed by atoms with Crippen molar-refractivity contribution in [1.29, 1.82) is 0 Å². The summed E-state index contributed by atoms with van der Waals surface area (Å²) < 4.78 is 16.1. The average molecular weight is 491 g/mol. The first kappa shape index (κ1) is 23.4. The fourth-order valence-electron chi connectivity index (χ4n) is 3.84. The van der Waals surface area contributed by atoms with Crippen LogP contribution in [0.2, 0.25) is 10.0 Å². The zero-order valence-corrected chi connectivity index (χ0v) is 19.8. The third kappa shape index (κ3) is 5.58. The minimum absolute atomic E-state index is 0.0830. The number of hydrogen-bond acceptors (Lipinski definition) is 7. The molecule has 174 valence electrons. The molecule has 1 aliphatic heterocycles. The molecule has 0 bridgehead atoms. The summed E-state index contributed by atoms with van der Waals surface area (Å²) in [5, 5.41) is 7.96. The van der Waals surface area contributed by atoms with Crippen molar-refractivity contribution in [3.05, 3.63) is 52.3 Å². The highest BCUT2D eigenvalue weighted by Gasteiger charge is 2.27. The molecule has 1 amide bonds. The molecule has 2 aromatic carbocycles. The molecule has 1 saturated heterocycles. The molecule has 0 aliphatic carbocycles. The maximum atomic E-state index is 12.8. The topological polar surface area (TPSA) is 89.7 Å². The lowest BCUT2D eigenvalue weighted by molar-refractivity contribution is -0.121. The molecule has 1 atom stereocenters. The minimum Gasteiger partial charge on any atom is -0.493 e. The molecule has 0 radical (unpaired) electrons. The molecule has 0 saturated carbocycles. The Balaban J connectivity index is 1.39. The highest BCUT2D eigenvalue weighted by Crippen LogP contribution is 2.31. The number of ether oxygens (including phenoxy) is 2. The normalized spacial score (nSPS) is 16.4. The van der Waals surface area contributed by atoms with Crippen LogP contribution >= 0.6 is 23.2 Å². The van der Waals surface area contributed by atoms with Crippen molar-refractivity contribution >= 4 is 34.8 Å². The number of nitrogens with one attached hydrogen (secondary N) is 1. The molecule has 4 rings (SSSR count). The molecular weight excluding hydrogens is 467 g/mol. The van der Waals surface area contributed by atoms with E-state index >= 15 is 0 Å². The van der Waals surface area contributed by atoms with E-state index in [0.717, 1.165) is 24.9 Å². The lowest BCUT2D eigenvalue weighted by Gasteiger charge is -2.30. The smallest absolute Gasteiger partial charge is 0.241 e. The van der Waals surface area contributed by atoms with Crippen LogP contribution in [0.3, 0.4) is 0 Å². The summed E-state index contributed by atoms with van der Waals surface area (Å²) in [6.07, 6.45) is 1.68. The molecule has 1 aliphatic rings. The Bertz CT molecular complexity index is 1140. The summed E-state index contributed by atoms with van der Waals surface area (Å²) in [6.45, 7) is 1.88. The second kappa shape index (κ2) is 10.4. The van der Waals surface area contributed by atoms with E-state index in [2.05, 4.69) is 20.4 Å². The van der Waals surface area contributed by atoms with E-state index < -0.39 is 0 Å². The Labute approximate surface area is 201 Å². The zero-order chi connectivity index (χ0) is 23.4. The number of amides is 1. The summed E-state index contributed by atoms with van der Waals surface area (Å²) in [5.41, 5.74) is 1.28. The third-order valence-electron chi connectivity index (χ3n) is 5.53. The van der Waals surface area contributed by atoms with Crippen LogP contribution in [0.5, 0.6) is 11.5 Å². The predicted molar refractivity (Wildman–Crippen MR) is 126 cm³/mol. The van der Waals surface area contributed by atoms with Gasteiger partial charge in [0.2, 0.25) is 17.6 Å². The lowest BCUT2D eigenvalue weighted by atomic mass is 9.97. The second-order valence-electron chi connectivity index (χ2n) is 7.77. The number of piperidine rings is 1. The highest BCUT2D eigenvalue weighted by molar-refractivity contribution is 6.35. The molecule has 1 aromatic heterocycles. The van der Waals surface area contributed by atoms with Gasteiger partial charge in [-0.1, -0.05) is 28.4 Å². The van der Waals surface area contributed by atoms with E-state index in [1.54, 1.807) is 44.6 Å². The van der Waals surface area contributed by atoms with Crippen LogP contribution < -0.4 is 14.8 Å². The second-order valence-corrected chi connectivity index (χ2v) is 8.61. The summed E-state index contributed by atoms with van der Waals surface area (Å²) >= 11 is 12.2. The predicted octanol–water partition coefficient (Wildman–Crippen LogP) is 4.91. The summed E-state index contributed by atoms with van der Waals surface area (Å²) in [7, 11) is 3.16. The van der Waals surface area contributed by atoms with Crippen molar-refractivity contribution in [2.75, 3.05) is 32.6 Å². The third-order valence-corrected chi connectivity index (χ3v) is 6.10. The summed E-state index contributed by atoms with van der Waals surface area (Å²) in [5.74, 6) is 1.90. The Kier molecular flexibility index (Phi) is 7.37. The van der Waals surface area contributed by atoms with Crippen LogP contribution in [0.4, 0.5) is 5.69 Å². The van der Waals surface area contributed by atoms with Crippen molar-refractivity contribution < 1.29 is 18.8 Å². The SMILES string of the molecule is COc1ccc(-c2noc(CN3CCCC(C(=O)Nc4cc(Cl)ccc4Cl)C3)n2)cc1OC. The van der Waals surface area contributed by atoms with Crippen LogP contribution in [0, 0.1) is 5.92 Å². The number of aromatic nitrogens is 2. The molecule has 3 aromatic rings. The standard InChI is InChI=1S/C23H24Cl2N4O4/c1-31-19-8-5-14(10-20(19)32-2)22-27-21(33-28-22)13-29-9-3-4-15(12-29)23(30)26-18-11-16(24)6-7-17(18)25/h5-8,10-11,15H,3-4,9,12-13H2,1-2H3,(H,26,30). The molecule has 1 N–H and O–H groups in total. The number of benzene rings is 2. The van der Waals surface area contributed by atoms with Gasteiger partial charge < -0.3 is 19.3 Å². The quantitative estimate of drug-likeness (QED) is 0.502.